The van der Waals surface area contributed by atoms with Crippen molar-refractivity contribution in [1.29, 1.82) is 0 Å². The van der Waals surface area contributed by atoms with Crippen LogP contribution in [0.4, 0.5) is 0 Å². The third-order valence-electron chi connectivity index (χ3n) is 7.20. The minimum Gasteiger partial charge on any atom is -0.344 e. The van der Waals surface area contributed by atoms with Crippen LogP contribution in [-0.4, -0.2) is 10.1 Å². The standard InChI is InChI=1S/C30H34N2/c1-24-16-15-23-32(24)29(4,5)28(2,3)31-30(25-17-9-6-10-18-25,26-19-11-7-12-20-26)27-21-13-8-14-22-27/h6-23,31H,1-5H3. The molecule has 164 valence electrons. The molecule has 0 aliphatic heterocycles. The van der Waals surface area contributed by atoms with Crippen LogP contribution in [0.2, 0.25) is 0 Å². The summed E-state index contributed by atoms with van der Waals surface area (Å²) in [5.74, 6) is 0. The number of aromatic nitrogens is 1. The third kappa shape index (κ3) is 3.69. The molecule has 0 atom stereocenters. The minimum atomic E-state index is -0.508. The van der Waals surface area contributed by atoms with Gasteiger partial charge < -0.3 is 4.57 Å². The first kappa shape index (κ1) is 22.1. The molecule has 1 N–H and O–H groups in total. The zero-order valence-electron chi connectivity index (χ0n) is 19.8. The number of aryl methyl sites for hydroxylation is 1. The maximum Gasteiger partial charge on any atom is 0.0952 e. The van der Waals surface area contributed by atoms with Crippen LogP contribution in [0.1, 0.15) is 50.1 Å². The first-order chi connectivity index (χ1) is 15.3. The largest absolute Gasteiger partial charge is 0.344 e. The van der Waals surface area contributed by atoms with Crippen molar-refractivity contribution in [3.05, 3.63) is 132 Å². The normalized spacial score (nSPS) is 12.7. The maximum absolute atomic E-state index is 4.19. The molecule has 0 radical (unpaired) electrons. The van der Waals surface area contributed by atoms with Crippen LogP contribution in [0.3, 0.4) is 0 Å². The van der Waals surface area contributed by atoms with E-state index in [1.807, 2.05) is 0 Å². The van der Waals surface area contributed by atoms with Gasteiger partial charge in [0.25, 0.3) is 0 Å². The smallest absolute Gasteiger partial charge is 0.0952 e. The zero-order chi connectivity index (χ0) is 22.8. The molecule has 0 aliphatic carbocycles. The van der Waals surface area contributed by atoms with Crippen LogP contribution < -0.4 is 5.32 Å². The topological polar surface area (TPSA) is 17.0 Å². The van der Waals surface area contributed by atoms with Crippen LogP contribution in [0.5, 0.6) is 0 Å². The second kappa shape index (κ2) is 8.44. The number of hydrogen-bond donors (Lipinski definition) is 1. The molecule has 2 heteroatoms. The number of nitrogens with one attached hydrogen (secondary N) is 1. The lowest BCUT2D eigenvalue weighted by atomic mass is 9.72. The molecule has 0 spiro atoms. The molecule has 4 rings (SSSR count). The van der Waals surface area contributed by atoms with E-state index in [1.54, 1.807) is 0 Å². The highest BCUT2D eigenvalue weighted by molar-refractivity contribution is 5.50. The van der Waals surface area contributed by atoms with Crippen LogP contribution in [-0.2, 0) is 11.1 Å². The van der Waals surface area contributed by atoms with Gasteiger partial charge in [0.05, 0.1) is 11.1 Å². The molecule has 0 amide bonds. The minimum absolute atomic E-state index is 0.190. The van der Waals surface area contributed by atoms with E-state index in [0.717, 1.165) is 0 Å². The Balaban J connectivity index is 1.97. The first-order valence-corrected chi connectivity index (χ1v) is 11.4. The van der Waals surface area contributed by atoms with Gasteiger partial charge in [0.2, 0.25) is 0 Å². The third-order valence-corrected chi connectivity index (χ3v) is 7.20. The SMILES string of the molecule is Cc1cccn1C(C)(C)C(C)(C)NC(c1ccccc1)(c1ccccc1)c1ccccc1. The summed E-state index contributed by atoms with van der Waals surface area (Å²) in [4.78, 5) is 0. The Morgan fingerprint density at radius 1 is 0.562 bits per heavy atom. The maximum atomic E-state index is 4.19. The Kier molecular flexibility index (Phi) is 5.83. The molecule has 2 nitrogen and oxygen atoms in total. The number of hydrogen-bond acceptors (Lipinski definition) is 1. The van der Waals surface area contributed by atoms with E-state index in [2.05, 4.69) is 154 Å². The van der Waals surface area contributed by atoms with Crippen molar-refractivity contribution < 1.29 is 0 Å². The average molecular weight is 423 g/mol. The monoisotopic (exact) mass is 422 g/mol. The van der Waals surface area contributed by atoms with E-state index >= 15 is 0 Å². The Morgan fingerprint density at radius 3 is 1.31 bits per heavy atom. The molecule has 3 aromatic carbocycles. The van der Waals surface area contributed by atoms with Gasteiger partial charge in [-0.05, 0) is 63.4 Å². The highest BCUT2D eigenvalue weighted by atomic mass is 15.2. The summed E-state index contributed by atoms with van der Waals surface area (Å²) in [7, 11) is 0. The molecule has 32 heavy (non-hydrogen) atoms. The molecule has 1 aromatic heterocycles. The number of nitrogens with zero attached hydrogens (tertiary/aromatic N) is 1. The van der Waals surface area contributed by atoms with Gasteiger partial charge in [0.15, 0.2) is 0 Å². The summed E-state index contributed by atoms with van der Waals surface area (Å²) in [6.07, 6.45) is 2.19. The fourth-order valence-corrected chi connectivity index (χ4v) is 4.80. The molecule has 0 saturated carbocycles. The average Bonchev–Trinajstić information content (AvgIpc) is 3.26. The lowest BCUT2D eigenvalue weighted by molar-refractivity contribution is 0.130. The lowest BCUT2D eigenvalue weighted by Crippen LogP contribution is -2.64. The van der Waals surface area contributed by atoms with Gasteiger partial charge in [-0.3, -0.25) is 5.32 Å². The molecule has 0 saturated heterocycles. The van der Waals surface area contributed by atoms with Crippen LogP contribution in [0, 0.1) is 6.92 Å². The van der Waals surface area contributed by atoms with E-state index < -0.39 is 5.54 Å². The Hall–Kier alpha value is -3.10. The van der Waals surface area contributed by atoms with Crippen LogP contribution >= 0.6 is 0 Å². The number of rotatable bonds is 7. The van der Waals surface area contributed by atoms with E-state index in [1.165, 1.54) is 22.4 Å². The summed E-state index contributed by atoms with van der Waals surface area (Å²) in [5.41, 5.74) is 3.96. The lowest BCUT2D eigenvalue weighted by Gasteiger charge is -2.51. The highest BCUT2D eigenvalue weighted by Gasteiger charge is 2.47. The summed E-state index contributed by atoms with van der Waals surface area (Å²) in [6, 6.07) is 36.7. The van der Waals surface area contributed by atoms with Crippen molar-refractivity contribution in [3.8, 4) is 0 Å². The molecule has 0 bridgehead atoms. The van der Waals surface area contributed by atoms with E-state index in [-0.39, 0.29) is 11.1 Å². The van der Waals surface area contributed by atoms with Gasteiger partial charge in [-0.2, -0.15) is 0 Å². The Bertz CT molecular complexity index is 1040. The van der Waals surface area contributed by atoms with Crippen molar-refractivity contribution in [2.75, 3.05) is 0 Å². The van der Waals surface area contributed by atoms with Crippen molar-refractivity contribution in [2.45, 2.75) is 51.2 Å². The number of benzene rings is 3. The van der Waals surface area contributed by atoms with Crippen molar-refractivity contribution >= 4 is 0 Å². The second-order valence-electron chi connectivity index (χ2n) is 9.68. The fraction of sp³-hybridized carbons (Fsp3) is 0.267. The fourth-order valence-electron chi connectivity index (χ4n) is 4.80. The Labute approximate surface area is 192 Å². The second-order valence-corrected chi connectivity index (χ2v) is 9.68. The summed E-state index contributed by atoms with van der Waals surface area (Å²) in [6.45, 7) is 11.4. The Morgan fingerprint density at radius 2 is 0.969 bits per heavy atom. The van der Waals surface area contributed by atoms with Crippen molar-refractivity contribution in [2.24, 2.45) is 0 Å². The van der Waals surface area contributed by atoms with Gasteiger partial charge in [-0.15, -0.1) is 0 Å². The van der Waals surface area contributed by atoms with Gasteiger partial charge >= 0.3 is 0 Å². The van der Waals surface area contributed by atoms with Crippen molar-refractivity contribution in [1.82, 2.24) is 9.88 Å². The van der Waals surface area contributed by atoms with Crippen LogP contribution in [0.25, 0.3) is 0 Å². The van der Waals surface area contributed by atoms with Gasteiger partial charge in [-0.25, -0.2) is 0 Å². The van der Waals surface area contributed by atoms with E-state index in [0.29, 0.717) is 0 Å². The van der Waals surface area contributed by atoms with E-state index in [4.69, 9.17) is 0 Å². The predicted octanol–water partition coefficient (Wildman–Crippen LogP) is 6.89. The van der Waals surface area contributed by atoms with Gasteiger partial charge in [0.1, 0.15) is 0 Å². The molecule has 4 aromatic rings. The molecular formula is C30H34N2. The molecule has 0 unspecified atom stereocenters. The quantitative estimate of drug-likeness (QED) is 0.321. The molecule has 0 aliphatic rings. The van der Waals surface area contributed by atoms with Crippen molar-refractivity contribution in [3.63, 3.8) is 0 Å². The van der Waals surface area contributed by atoms with Gasteiger partial charge in [0, 0.05) is 17.4 Å². The molecular weight excluding hydrogens is 388 g/mol. The van der Waals surface area contributed by atoms with Crippen LogP contribution in [0.15, 0.2) is 109 Å². The molecule has 1 heterocycles. The zero-order valence-corrected chi connectivity index (χ0v) is 19.8. The van der Waals surface area contributed by atoms with Gasteiger partial charge in [-0.1, -0.05) is 91.0 Å². The highest BCUT2D eigenvalue weighted by Crippen LogP contribution is 2.42. The van der Waals surface area contributed by atoms with E-state index in [9.17, 15) is 0 Å². The summed E-state index contributed by atoms with van der Waals surface area (Å²) < 4.78 is 2.38. The summed E-state index contributed by atoms with van der Waals surface area (Å²) in [5, 5.41) is 4.19. The first-order valence-electron chi connectivity index (χ1n) is 11.4. The molecule has 0 fully saturated rings. The summed E-state index contributed by atoms with van der Waals surface area (Å²) >= 11 is 0. The predicted molar refractivity (Wildman–Crippen MR) is 135 cm³/mol.